The van der Waals surface area contributed by atoms with E-state index in [2.05, 4.69) is 10.3 Å². The van der Waals surface area contributed by atoms with Gasteiger partial charge in [0.25, 0.3) is 0 Å². The minimum absolute atomic E-state index is 0.0624. The van der Waals surface area contributed by atoms with E-state index in [1.54, 1.807) is 13.3 Å². The highest BCUT2D eigenvalue weighted by atomic mass is 16.5. The summed E-state index contributed by atoms with van der Waals surface area (Å²) in [4.78, 5) is 4.14. The number of hydrogen-bond donors (Lipinski definition) is 1. The van der Waals surface area contributed by atoms with Crippen molar-refractivity contribution in [3.05, 3.63) is 23.9 Å². The molecule has 1 aromatic heterocycles. The van der Waals surface area contributed by atoms with E-state index in [9.17, 15) is 0 Å². The van der Waals surface area contributed by atoms with Crippen LogP contribution in [0.3, 0.4) is 0 Å². The summed E-state index contributed by atoms with van der Waals surface area (Å²) < 4.78 is 10.8. The zero-order valence-electron chi connectivity index (χ0n) is 8.19. The molecule has 1 atom stereocenters. The van der Waals surface area contributed by atoms with Crippen molar-refractivity contribution in [2.24, 2.45) is 0 Å². The number of nitrogens with zero attached hydrogens (tertiary/aromatic N) is 1. The lowest BCUT2D eigenvalue weighted by atomic mass is 10.1. The molecular formula is C10H14N2O2. The highest BCUT2D eigenvalue weighted by Gasteiger charge is 2.19. The van der Waals surface area contributed by atoms with Crippen molar-refractivity contribution in [1.29, 1.82) is 0 Å². The third-order valence-corrected chi connectivity index (χ3v) is 2.27. The summed E-state index contributed by atoms with van der Waals surface area (Å²) >= 11 is 0. The minimum atomic E-state index is 0.0624. The summed E-state index contributed by atoms with van der Waals surface area (Å²) in [5, 5.41) is 3.28. The fourth-order valence-corrected chi connectivity index (χ4v) is 1.58. The van der Waals surface area contributed by atoms with Crippen LogP contribution in [0, 0.1) is 0 Å². The van der Waals surface area contributed by atoms with E-state index < -0.39 is 0 Å². The number of hydrogen-bond acceptors (Lipinski definition) is 4. The normalized spacial score (nSPS) is 21.9. The molecule has 1 fully saturated rings. The number of nitrogens with one attached hydrogen (secondary N) is 1. The number of rotatable bonds is 2. The smallest absolute Gasteiger partial charge is 0.218 e. The van der Waals surface area contributed by atoms with E-state index in [0.717, 1.165) is 25.3 Å². The van der Waals surface area contributed by atoms with E-state index in [4.69, 9.17) is 9.47 Å². The van der Waals surface area contributed by atoms with Crippen molar-refractivity contribution in [2.75, 3.05) is 26.8 Å². The number of morpholine rings is 1. The molecule has 1 N–H and O–H groups in total. The Morgan fingerprint density at radius 1 is 1.64 bits per heavy atom. The maximum absolute atomic E-state index is 5.62. The molecule has 1 aliphatic heterocycles. The average molecular weight is 194 g/mol. The predicted molar refractivity (Wildman–Crippen MR) is 52.4 cm³/mol. The molecule has 4 heteroatoms. The Hall–Kier alpha value is -1.13. The van der Waals surface area contributed by atoms with Crippen LogP contribution in [0.4, 0.5) is 0 Å². The Labute approximate surface area is 83.2 Å². The number of methoxy groups -OCH3 is 1. The average Bonchev–Trinajstić information content (AvgIpc) is 2.30. The molecule has 1 unspecified atom stereocenters. The molecule has 1 aliphatic rings. The highest BCUT2D eigenvalue weighted by molar-refractivity contribution is 5.28. The lowest BCUT2D eigenvalue weighted by Gasteiger charge is -2.24. The van der Waals surface area contributed by atoms with Gasteiger partial charge >= 0.3 is 0 Å². The largest absolute Gasteiger partial charge is 0.481 e. The van der Waals surface area contributed by atoms with Crippen molar-refractivity contribution in [1.82, 2.24) is 10.3 Å². The molecule has 0 spiro atoms. The fraction of sp³-hybridized carbons (Fsp3) is 0.500. The van der Waals surface area contributed by atoms with Crippen LogP contribution in [0.15, 0.2) is 18.3 Å². The van der Waals surface area contributed by atoms with Crippen LogP contribution in [0.25, 0.3) is 0 Å². The first-order valence-electron chi connectivity index (χ1n) is 4.73. The standard InChI is InChI=1S/C10H14N2O2/c1-13-10-8(3-2-4-12-10)9-7-11-5-6-14-9/h2-4,9,11H,5-7H2,1H3. The van der Waals surface area contributed by atoms with Gasteiger partial charge in [-0.3, -0.25) is 0 Å². The zero-order chi connectivity index (χ0) is 9.80. The third-order valence-electron chi connectivity index (χ3n) is 2.27. The third kappa shape index (κ3) is 1.86. The van der Waals surface area contributed by atoms with Crippen molar-refractivity contribution in [3.63, 3.8) is 0 Å². The summed E-state index contributed by atoms with van der Waals surface area (Å²) in [5.41, 5.74) is 1.02. The Balaban J connectivity index is 2.20. The van der Waals surface area contributed by atoms with E-state index in [1.165, 1.54) is 0 Å². The van der Waals surface area contributed by atoms with Crippen LogP contribution in [0.1, 0.15) is 11.7 Å². The van der Waals surface area contributed by atoms with Crippen molar-refractivity contribution in [2.45, 2.75) is 6.10 Å². The Morgan fingerprint density at radius 2 is 2.57 bits per heavy atom. The van der Waals surface area contributed by atoms with Crippen LogP contribution in [-0.2, 0) is 4.74 Å². The molecule has 0 radical (unpaired) electrons. The van der Waals surface area contributed by atoms with Gasteiger partial charge in [0, 0.05) is 24.8 Å². The SMILES string of the molecule is COc1ncccc1C1CNCCO1. The van der Waals surface area contributed by atoms with Crippen LogP contribution in [0.2, 0.25) is 0 Å². The first-order valence-corrected chi connectivity index (χ1v) is 4.73. The van der Waals surface area contributed by atoms with Gasteiger partial charge in [0.2, 0.25) is 5.88 Å². The fourth-order valence-electron chi connectivity index (χ4n) is 1.58. The Bertz CT molecular complexity index is 298. The summed E-state index contributed by atoms with van der Waals surface area (Å²) in [5.74, 6) is 0.654. The predicted octanol–water partition coefficient (Wildman–Crippen LogP) is 0.751. The highest BCUT2D eigenvalue weighted by Crippen LogP contribution is 2.25. The molecule has 2 heterocycles. The lowest BCUT2D eigenvalue weighted by Crippen LogP contribution is -2.33. The maximum atomic E-state index is 5.62. The second kappa shape index (κ2) is 4.39. The molecular weight excluding hydrogens is 180 g/mol. The molecule has 2 rings (SSSR count). The number of pyridine rings is 1. The topological polar surface area (TPSA) is 43.4 Å². The van der Waals surface area contributed by atoms with Crippen LogP contribution >= 0.6 is 0 Å². The van der Waals surface area contributed by atoms with Gasteiger partial charge in [0.15, 0.2) is 0 Å². The first kappa shape index (κ1) is 9.43. The minimum Gasteiger partial charge on any atom is -0.481 e. The molecule has 1 saturated heterocycles. The van der Waals surface area contributed by atoms with Gasteiger partial charge in [-0.1, -0.05) is 0 Å². The summed E-state index contributed by atoms with van der Waals surface area (Å²) in [6.45, 7) is 2.48. The summed E-state index contributed by atoms with van der Waals surface area (Å²) in [6.07, 6.45) is 1.78. The lowest BCUT2D eigenvalue weighted by molar-refractivity contribution is 0.0259. The molecule has 0 aliphatic carbocycles. The van der Waals surface area contributed by atoms with Crippen LogP contribution < -0.4 is 10.1 Å². The molecule has 4 nitrogen and oxygen atoms in total. The summed E-state index contributed by atoms with van der Waals surface area (Å²) in [7, 11) is 1.63. The maximum Gasteiger partial charge on any atom is 0.218 e. The molecule has 14 heavy (non-hydrogen) atoms. The van der Waals surface area contributed by atoms with Gasteiger partial charge in [0.05, 0.1) is 13.7 Å². The van der Waals surface area contributed by atoms with E-state index in [-0.39, 0.29) is 6.10 Å². The zero-order valence-corrected chi connectivity index (χ0v) is 8.19. The summed E-state index contributed by atoms with van der Waals surface area (Å²) in [6, 6.07) is 3.89. The molecule has 76 valence electrons. The second-order valence-electron chi connectivity index (χ2n) is 3.17. The van der Waals surface area contributed by atoms with Crippen molar-refractivity contribution in [3.8, 4) is 5.88 Å². The van der Waals surface area contributed by atoms with Crippen LogP contribution in [-0.4, -0.2) is 31.8 Å². The van der Waals surface area contributed by atoms with Gasteiger partial charge in [-0.15, -0.1) is 0 Å². The molecule has 0 amide bonds. The molecule has 0 bridgehead atoms. The van der Waals surface area contributed by atoms with E-state index >= 15 is 0 Å². The molecule has 0 saturated carbocycles. The van der Waals surface area contributed by atoms with Gasteiger partial charge in [0.1, 0.15) is 6.10 Å². The number of aromatic nitrogens is 1. The van der Waals surface area contributed by atoms with Gasteiger partial charge in [-0.25, -0.2) is 4.98 Å². The molecule has 1 aromatic rings. The van der Waals surface area contributed by atoms with Crippen LogP contribution in [0.5, 0.6) is 5.88 Å². The Morgan fingerprint density at radius 3 is 3.29 bits per heavy atom. The van der Waals surface area contributed by atoms with Gasteiger partial charge < -0.3 is 14.8 Å². The van der Waals surface area contributed by atoms with E-state index in [0.29, 0.717) is 5.88 Å². The van der Waals surface area contributed by atoms with Gasteiger partial charge in [-0.05, 0) is 12.1 Å². The van der Waals surface area contributed by atoms with E-state index in [1.807, 2.05) is 12.1 Å². The quantitative estimate of drug-likeness (QED) is 0.754. The Kier molecular flexibility index (Phi) is 2.96. The molecule has 0 aromatic carbocycles. The van der Waals surface area contributed by atoms with Crippen molar-refractivity contribution < 1.29 is 9.47 Å². The number of ether oxygens (including phenoxy) is 2. The second-order valence-corrected chi connectivity index (χ2v) is 3.17. The van der Waals surface area contributed by atoms with Gasteiger partial charge in [-0.2, -0.15) is 0 Å². The monoisotopic (exact) mass is 194 g/mol. The first-order chi connectivity index (χ1) is 6.92. The van der Waals surface area contributed by atoms with Crippen molar-refractivity contribution >= 4 is 0 Å².